The monoisotopic (exact) mass is 491 g/mol. The number of carbonyl (C=O) groups is 1. The van der Waals surface area contributed by atoms with Gasteiger partial charge in [0, 0.05) is 24.8 Å². The van der Waals surface area contributed by atoms with E-state index in [9.17, 15) is 30.8 Å². The van der Waals surface area contributed by atoms with Crippen LogP contribution in [-0.4, -0.2) is 64.3 Å². The highest BCUT2D eigenvalue weighted by Crippen LogP contribution is 2.27. The standard InChI is InChI=1S/C20H21F4N3O5S/c21-14-4-5-18(32-13-20(22,23)24)17(10-14)25-12-19(28)26-15-2-1-3-16(11-15)33(29,30)27-6-8-31-9-7-27/h1-5,10-11,25H,6-9,12-13H2,(H,26,28). The largest absolute Gasteiger partial charge is 0.482 e. The van der Waals surface area contributed by atoms with E-state index in [-0.39, 0.29) is 48.3 Å². The number of rotatable bonds is 8. The smallest absolute Gasteiger partial charge is 0.422 e. The van der Waals surface area contributed by atoms with Crippen molar-refractivity contribution in [3.05, 3.63) is 48.3 Å². The number of anilines is 2. The van der Waals surface area contributed by atoms with Crippen LogP contribution in [0.25, 0.3) is 0 Å². The first-order valence-corrected chi connectivity index (χ1v) is 11.2. The summed E-state index contributed by atoms with van der Waals surface area (Å²) in [5.41, 5.74) is 0.0574. The molecule has 2 N–H and O–H groups in total. The van der Waals surface area contributed by atoms with Crippen LogP contribution in [0.1, 0.15) is 0 Å². The van der Waals surface area contributed by atoms with Crippen LogP contribution in [0.5, 0.6) is 5.75 Å². The molecule has 0 bridgehead atoms. The predicted octanol–water partition coefficient (Wildman–Crippen LogP) is 2.84. The molecular formula is C20H21F4N3O5S. The molecule has 1 saturated heterocycles. The molecule has 33 heavy (non-hydrogen) atoms. The zero-order chi connectivity index (χ0) is 24.1. The molecular weight excluding hydrogens is 470 g/mol. The number of hydrogen-bond acceptors (Lipinski definition) is 6. The molecule has 1 amide bonds. The molecule has 13 heteroatoms. The van der Waals surface area contributed by atoms with Crippen molar-refractivity contribution < 1.29 is 40.2 Å². The summed E-state index contributed by atoms with van der Waals surface area (Å²) >= 11 is 0. The average Bonchev–Trinajstić information content (AvgIpc) is 2.77. The third-order valence-corrected chi connectivity index (χ3v) is 6.39. The number of ether oxygens (including phenoxy) is 2. The molecule has 0 atom stereocenters. The molecule has 0 spiro atoms. The van der Waals surface area contributed by atoms with Crippen LogP contribution in [0, 0.1) is 5.82 Å². The van der Waals surface area contributed by atoms with E-state index in [0.29, 0.717) is 0 Å². The predicted molar refractivity (Wildman–Crippen MR) is 111 cm³/mol. The highest BCUT2D eigenvalue weighted by molar-refractivity contribution is 7.89. The van der Waals surface area contributed by atoms with Crippen molar-refractivity contribution in [1.29, 1.82) is 0 Å². The first-order valence-electron chi connectivity index (χ1n) is 9.75. The van der Waals surface area contributed by atoms with E-state index >= 15 is 0 Å². The van der Waals surface area contributed by atoms with Gasteiger partial charge in [0.1, 0.15) is 11.6 Å². The fraction of sp³-hybridized carbons (Fsp3) is 0.350. The lowest BCUT2D eigenvalue weighted by molar-refractivity contribution is -0.153. The number of sulfonamides is 1. The van der Waals surface area contributed by atoms with E-state index in [0.717, 1.165) is 18.2 Å². The van der Waals surface area contributed by atoms with Crippen molar-refractivity contribution in [3.8, 4) is 5.75 Å². The average molecular weight is 491 g/mol. The lowest BCUT2D eigenvalue weighted by Crippen LogP contribution is -2.40. The number of halogens is 4. The minimum Gasteiger partial charge on any atom is -0.482 e. The van der Waals surface area contributed by atoms with Crippen LogP contribution in [-0.2, 0) is 19.6 Å². The summed E-state index contributed by atoms with van der Waals surface area (Å²) in [5, 5.41) is 5.02. The molecule has 1 aliphatic rings. The minimum atomic E-state index is -4.59. The Bertz CT molecular complexity index is 1090. The number of carbonyl (C=O) groups excluding carboxylic acids is 1. The van der Waals surface area contributed by atoms with Gasteiger partial charge >= 0.3 is 6.18 Å². The van der Waals surface area contributed by atoms with Gasteiger partial charge in [-0.2, -0.15) is 17.5 Å². The fourth-order valence-electron chi connectivity index (χ4n) is 2.98. The lowest BCUT2D eigenvalue weighted by atomic mass is 10.2. The first kappa shape index (κ1) is 24.7. The molecule has 3 rings (SSSR count). The van der Waals surface area contributed by atoms with Crippen LogP contribution < -0.4 is 15.4 Å². The van der Waals surface area contributed by atoms with E-state index < -0.39 is 41.1 Å². The van der Waals surface area contributed by atoms with Crippen molar-refractivity contribution in [3.63, 3.8) is 0 Å². The number of alkyl halides is 3. The van der Waals surface area contributed by atoms with Gasteiger partial charge in [-0.25, -0.2) is 12.8 Å². The Hall–Kier alpha value is -2.90. The van der Waals surface area contributed by atoms with E-state index in [4.69, 9.17) is 4.74 Å². The SMILES string of the molecule is O=C(CNc1cc(F)ccc1OCC(F)(F)F)Nc1cccc(S(=O)(=O)N2CCOCC2)c1. The molecule has 2 aromatic rings. The molecule has 1 aliphatic heterocycles. The maximum absolute atomic E-state index is 13.5. The molecule has 0 radical (unpaired) electrons. The Morgan fingerprint density at radius 3 is 2.55 bits per heavy atom. The van der Waals surface area contributed by atoms with Crippen molar-refractivity contribution in [2.45, 2.75) is 11.1 Å². The topological polar surface area (TPSA) is 97.0 Å². The van der Waals surface area contributed by atoms with E-state index in [2.05, 4.69) is 15.4 Å². The second-order valence-corrected chi connectivity index (χ2v) is 8.93. The highest BCUT2D eigenvalue weighted by atomic mass is 32.2. The minimum absolute atomic E-state index is 0.0110. The normalized spacial score (nSPS) is 15.2. The van der Waals surface area contributed by atoms with Crippen LogP contribution in [0.2, 0.25) is 0 Å². The first-order chi connectivity index (χ1) is 15.5. The van der Waals surface area contributed by atoms with Gasteiger partial charge in [0.15, 0.2) is 6.61 Å². The number of hydrogen-bond donors (Lipinski definition) is 2. The van der Waals surface area contributed by atoms with Crippen LogP contribution in [0.3, 0.4) is 0 Å². The molecule has 1 fully saturated rings. The van der Waals surface area contributed by atoms with Gasteiger partial charge in [-0.1, -0.05) is 6.07 Å². The maximum Gasteiger partial charge on any atom is 0.422 e. The maximum atomic E-state index is 13.5. The molecule has 0 saturated carbocycles. The van der Waals surface area contributed by atoms with Crippen LogP contribution in [0.15, 0.2) is 47.4 Å². The summed E-state index contributed by atoms with van der Waals surface area (Å²) in [7, 11) is -3.77. The molecule has 0 aliphatic carbocycles. The van der Waals surface area contributed by atoms with Gasteiger partial charge in [0.05, 0.1) is 30.3 Å². The molecule has 180 valence electrons. The molecule has 1 heterocycles. The molecule has 0 unspecified atom stereocenters. The zero-order valence-electron chi connectivity index (χ0n) is 17.2. The number of amides is 1. The van der Waals surface area contributed by atoms with Gasteiger partial charge < -0.3 is 20.1 Å². The quantitative estimate of drug-likeness (QED) is 0.552. The molecule has 0 aromatic heterocycles. The fourth-order valence-corrected chi connectivity index (χ4v) is 4.43. The summed E-state index contributed by atoms with van der Waals surface area (Å²) in [6.07, 6.45) is -4.59. The summed E-state index contributed by atoms with van der Waals surface area (Å²) in [4.78, 5) is 12.3. The zero-order valence-corrected chi connectivity index (χ0v) is 18.0. The summed E-state index contributed by atoms with van der Waals surface area (Å²) in [5.74, 6) is -1.65. The van der Waals surface area contributed by atoms with Crippen LogP contribution >= 0.6 is 0 Å². The molecule has 8 nitrogen and oxygen atoms in total. The second kappa shape index (κ2) is 10.4. The number of nitrogens with zero attached hydrogens (tertiary/aromatic N) is 1. The van der Waals surface area contributed by atoms with Gasteiger partial charge in [0.25, 0.3) is 0 Å². The Balaban J connectivity index is 1.64. The van der Waals surface area contributed by atoms with Crippen molar-refractivity contribution in [2.75, 3.05) is 50.1 Å². The van der Waals surface area contributed by atoms with Crippen molar-refractivity contribution >= 4 is 27.3 Å². The van der Waals surface area contributed by atoms with Crippen molar-refractivity contribution in [2.24, 2.45) is 0 Å². The Morgan fingerprint density at radius 2 is 1.85 bits per heavy atom. The Labute approximate surface area is 187 Å². The van der Waals surface area contributed by atoms with E-state index in [1.54, 1.807) is 0 Å². The van der Waals surface area contributed by atoms with Gasteiger partial charge in [0.2, 0.25) is 15.9 Å². The summed E-state index contributed by atoms with van der Waals surface area (Å²) < 4.78 is 87.3. The van der Waals surface area contributed by atoms with E-state index in [1.807, 2.05) is 0 Å². The third kappa shape index (κ3) is 7.04. The number of benzene rings is 2. The number of nitrogens with one attached hydrogen (secondary N) is 2. The van der Waals surface area contributed by atoms with Gasteiger partial charge in [-0.15, -0.1) is 0 Å². The van der Waals surface area contributed by atoms with Gasteiger partial charge in [-0.3, -0.25) is 4.79 Å². The molecule has 2 aromatic carbocycles. The Morgan fingerprint density at radius 1 is 1.12 bits per heavy atom. The highest BCUT2D eigenvalue weighted by Gasteiger charge is 2.29. The summed E-state index contributed by atoms with van der Waals surface area (Å²) in [6.45, 7) is -1.01. The second-order valence-electron chi connectivity index (χ2n) is 6.99. The summed E-state index contributed by atoms with van der Waals surface area (Å²) in [6, 6.07) is 8.48. The lowest BCUT2D eigenvalue weighted by Gasteiger charge is -2.26. The van der Waals surface area contributed by atoms with Gasteiger partial charge in [-0.05, 0) is 30.3 Å². The third-order valence-electron chi connectivity index (χ3n) is 4.50. The Kier molecular flexibility index (Phi) is 7.76. The van der Waals surface area contributed by atoms with Crippen LogP contribution in [0.4, 0.5) is 28.9 Å². The van der Waals surface area contributed by atoms with E-state index in [1.165, 1.54) is 28.6 Å². The number of morpholine rings is 1. The van der Waals surface area contributed by atoms with Crippen molar-refractivity contribution in [1.82, 2.24) is 4.31 Å².